The number of rotatable bonds is 3. The van der Waals surface area contributed by atoms with E-state index in [1.54, 1.807) is 18.2 Å². The lowest BCUT2D eigenvalue weighted by Crippen LogP contribution is -2.22. The van der Waals surface area contributed by atoms with Gasteiger partial charge in [-0.3, -0.25) is 4.79 Å². The minimum absolute atomic E-state index is 0.0000614. The van der Waals surface area contributed by atoms with Gasteiger partial charge < -0.3 is 5.11 Å². The van der Waals surface area contributed by atoms with E-state index in [0.29, 0.717) is 29.5 Å². The van der Waals surface area contributed by atoms with Crippen LogP contribution in [0.2, 0.25) is 5.02 Å². The minimum Gasteiger partial charge on any atom is -0.511 e. The molecule has 0 heterocycles. The van der Waals surface area contributed by atoms with Gasteiger partial charge >= 0.3 is 0 Å². The molecule has 4 rings (SSSR count). The maximum atomic E-state index is 14.4. The Morgan fingerprint density at radius 3 is 2.44 bits per heavy atom. The highest BCUT2D eigenvalue weighted by molar-refractivity contribution is 6.30. The number of aliphatic hydroxyl groups is 1. The zero-order chi connectivity index (χ0) is 19.3. The highest BCUT2D eigenvalue weighted by Crippen LogP contribution is 2.46. The Morgan fingerprint density at radius 1 is 1.11 bits per heavy atom. The smallest absolute Gasteiger partial charge is 0.169 e. The third kappa shape index (κ3) is 2.96. The number of Topliss-reactive ketones (excluding diaryl/α,β-unsaturated/α-hetero) is 1. The number of hydrogen-bond acceptors (Lipinski definition) is 2. The van der Waals surface area contributed by atoms with Crippen LogP contribution in [0.1, 0.15) is 37.3 Å². The summed E-state index contributed by atoms with van der Waals surface area (Å²) in [5, 5.41) is 10.7. The van der Waals surface area contributed by atoms with Gasteiger partial charge in [0.1, 0.15) is 17.4 Å². The summed E-state index contributed by atoms with van der Waals surface area (Å²) in [6, 6.07) is 7.15. The van der Waals surface area contributed by atoms with Gasteiger partial charge in [-0.1, -0.05) is 30.7 Å². The predicted molar refractivity (Wildman–Crippen MR) is 102 cm³/mol. The van der Waals surface area contributed by atoms with Crippen LogP contribution in [-0.2, 0) is 11.2 Å². The molecule has 2 aliphatic rings. The Bertz CT molecular complexity index is 957. The quantitative estimate of drug-likeness (QED) is 0.688. The van der Waals surface area contributed by atoms with Crippen molar-refractivity contribution in [2.24, 2.45) is 11.8 Å². The largest absolute Gasteiger partial charge is 0.511 e. The molecule has 2 nitrogen and oxygen atoms in total. The maximum Gasteiger partial charge on any atom is 0.169 e. The molecule has 0 aliphatic heterocycles. The SMILES string of the molecule is CCc1ccc(-c2c(F)cc(Cl)cc2F)cc1C1=C(O)[C@H]2CC[C@H](C2)C1=O. The van der Waals surface area contributed by atoms with Crippen LogP contribution in [0, 0.1) is 23.5 Å². The van der Waals surface area contributed by atoms with E-state index in [1.807, 2.05) is 6.92 Å². The average Bonchev–Trinajstić information content (AvgIpc) is 3.07. The molecule has 0 radical (unpaired) electrons. The van der Waals surface area contributed by atoms with Crippen molar-refractivity contribution in [1.29, 1.82) is 0 Å². The topological polar surface area (TPSA) is 37.3 Å². The first-order valence-corrected chi connectivity index (χ1v) is 9.54. The van der Waals surface area contributed by atoms with Crippen LogP contribution in [0.15, 0.2) is 36.1 Å². The number of aliphatic hydroxyl groups excluding tert-OH is 1. The normalized spacial score (nSPS) is 21.9. The molecule has 1 N–H and O–H groups in total. The van der Waals surface area contributed by atoms with E-state index in [9.17, 15) is 18.7 Å². The van der Waals surface area contributed by atoms with E-state index in [1.165, 1.54) is 0 Å². The third-order valence-corrected chi connectivity index (χ3v) is 5.97. The first-order chi connectivity index (χ1) is 12.9. The molecule has 140 valence electrons. The molecule has 0 saturated heterocycles. The summed E-state index contributed by atoms with van der Waals surface area (Å²) < 4.78 is 28.8. The zero-order valence-electron chi connectivity index (χ0n) is 14.9. The van der Waals surface area contributed by atoms with Crippen LogP contribution in [0.5, 0.6) is 0 Å². The molecule has 2 aromatic carbocycles. The number of hydrogen-bond donors (Lipinski definition) is 1. The zero-order valence-corrected chi connectivity index (χ0v) is 15.6. The van der Waals surface area contributed by atoms with E-state index in [2.05, 4.69) is 0 Å². The van der Waals surface area contributed by atoms with Gasteiger partial charge in [-0.05, 0) is 60.6 Å². The van der Waals surface area contributed by atoms with E-state index < -0.39 is 11.6 Å². The van der Waals surface area contributed by atoms with Crippen LogP contribution < -0.4 is 0 Å². The summed E-state index contributed by atoms with van der Waals surface area (Å²) in [6.45, 7) is 1.95. The molecule has 5 heteroatoms. The summed E-state index contributed by atoms with van der Waals surface area (Å²) in [5.74, 6) is -1.53. The summed E-state index contributed by atoms with van der Waals surface area (Å²) in [5.41, 5.74) is 1.89. The molecular formula is C22H19ClF2O2. The molecule has 2 aromatic rings. The number of allylic oxidation sites excluding steroid dienone is 2. The van der Waals surface area contributed by atoms with E-state index >= 15 is 0 Å². The monoisotopic (exact) mass is 388 g/mol. The highest BCUT2D eigenvalue weighted by atomic mass is 35.5. The van der Waals surface area contributed by atoms with Crippen molar-refractivity contribution in [3.8, 4) is 11.1 Å². The van der Waals surface area contributed by atoms with Crippen molar-refractivity contribution < 1.29 is 18.7 Å². The van der Waals surface area contributed by atoms with Gasteiger partial charge in [-0.25, -0.2) is 8.78 Å². The summed E-state index contributed by atoms with van der Waals surface area (Å²) in [4.78, 5) is 12.9. The fraction of sp³-hybridized carbons (Fsp3) is 0.318. The Labute approximate surface area is 161 Å². The van der Waals surface area contributed by atoms with Crippen molar-refractivity contribution in [2.45, 2.75) is 32.6 Å². The van der Waals surface area contributed by atoms with Gasteiger partial charge in [0.2, 0.25) is 0 Å². The first kappa shape index (κ1) is 18.2. The van der Waals surface area contributed by atoms with Crippen molar-refractivity contribution >= 4 is 23.0 Å². The van der Waals surface area contributed by atoms with Gasteiger partial charge in [-0.2, -0.15) is 0 Å². The molecule has 2 atom stereocenters. The van der Waals surface area contributed by atoms with Crippen LogP contribution in [0.25, 0.3) is 16.7 Å². The summed E-state index contributed by atoms with van der Waals surface area (Å²) in [6.07, 6.45) is 2.91. The van der Waals surface area contributed by atoms with Crippen LogP contribution >= 0.6 is 11.6 Å². The van der Waals surface area contributed by atoms with Crippen LogP contribution in [0.3, 0.4) is 0 Å². The third-order valence-electron chi connectivity index (χ3n) is 5.75. The van der Waals surface area contributed by atoms with Gasteiger partial charge in [0.15, 0.2) is 5.78 Å². The minimum atomic E-state index is -0.761. The number of fused-ring (bicyclic) bond motifs is 2. The number of carbonyl (C=O) groups is 1. The van der Waals surface area contributed by atoms with Gasteiger partial charge in [0.25, 0.3) is 0 Å². The molecule has 0 amide bonds. The molecule has 1 saturated carbocycles. The fourth-order valence-electron chi connectivity index (χ4n) is 4.36. The molecule has 2 bridgehead atoms. The van der Waals surface area contributed by atoms with Crippen molar-refractivity contribution in [3.63, 3.8) is 0 Å². The van der Waals surface area contributed by atoms with Crippen LogP contribution in [0.4, 0.5) is 8.78 Å². The molecule has 2 aliphatic carbocycles. The summed E-state index contributed by atoms with van der Waals surface area (Å²) >= 11 is 5.72. The predicted octanol–water partition coefficient (Wildman–Crippen LogP) is 6.12. The van der Waals surface area contributed by atoms with Gasteiger partial charge in [0, 0.05) is 16.9 Å². The Kier molecular flexibility index (Phi) is 4.55. The van der Waals surface area contributed by atoms with Crippen molar-refractivity contribution in [1.82, 2.24) is 0 Å². The van der Waals surface area contributed by atoms with Crippen molar-refractivity contribution in [2.75, 3.05) is 0 Å². The molecular weight excluding hydrogens is 370 g/mol. The second-order valence-corrected chi connectivity index (χ2v) is 7.74. The number of benzene rings is 2. The molecule has 27 heavy (non-hydrogen) atoms. The molecule has 0 spiro atoms. The van der Waals surface area contributed by atoms with Gasteiger partial charge in [0.05, 0.1) is 11.1 Å². The Balaban J connectivity index is 1.91. The molecule has 0 unspecified atom stereocenters. The first-order valence-electron chi connectivity index (χ1n) is 9.16. The second-order valence-electron chi connectivity index (χ2n) is 7.30. The number of ketones is 1. The fourth-order valence-corrected chi connectivity index (χ4v) is 4.56. The number of aryl methyl sites for hydroxylation is 1. The number of carbonyl (C=O) groups excluding carboxylic acids is 1. The molecule has 0 aromatic heterocycles. The Morgan fingerprint density at radius 2 is 1.78 bits per heavy atom. The van der Waals surface area contributed by atoms with E-state index in [4.69, 9.17) is 11.6 Å². The molecule has 1 fully saturated rings. The van der Waals surface area contributed by atoms with E-state index in [-0.39, 0.29) is 34.0 Å². The summed E-state index contributed by atoms with van der Waals surface area (Å²) in [7, 11) is 0. The maximum absolute atomic E-state index is 14.4. The van der Waals surface area contributed by atoms with Crippen molar-refractivity contribution in [3.05, 3.63) is 63.9 Å². The number of halogens is 3. The standard InChI is InChI=1S/C22H19ClF2O2/c1-2-11-3-4-12(19-17(24)9-15(23)10-18(19)25)8-16(11)20-21(26)13-5-6-14(7-13)22(20)27/h3-4,8-10,13-14,26H,2,5-7H2,1H3/t13-,14+/m0/s1. The highest BCUT2D eigenvalue weighted by Gasteiger charge is 2.41. The second kappa shape index (κ2) is 6.75. The van der Waals surface area contributed by atoms with Crippen LogP contribution in [-0.4, -0.2) is 10.9 Å². The lowest BCUT2D eigenvalue weighted by molar-refractivity contribution is -0.117. The average molecular weight is 389 g/mol. The van der Waals surface area contributed by atoms with Gasteiger partial charge in [-0.15, -0.1) is 0 Å². The lowest BCUT2D eigenvalue weighted by atomic mass is 9.81. The lowest BCUT2D eigenvalue weighted by Gasteiger charge is -2.23. The Hall–Kier alpha value is -2.20. The van der Waals surface area contributed by atoms with E-state index in [0.717, 1.165) is 30.5 Å².